The van der Waals surface area contributed by atoms with E-state index in [0.717, 1.165) is 37.4 Å². The number of nitrogens with zero attached hydrogens (tertiary/aromatic N) is 1. The van der Waals surface area contributed by atoms with Crippen molar-refractivity contribution >= 4 is 11.3 Å². The van der Waals surface area contributed by atoms with E-state index in [9.17, 15) is 5.11 Å². The minimum Gasteiger partial charge on any atom is -0.492 e. The Morgan fingerprint density at radius 1 is 1.30 bits per heavy atom. The minimum absolute atomic E-state index is 0.394. The van der Waals surface area contributed by atoms with E-state index >= 15 is 0 Å². The van der Waals surface area contributed by atoms with Gasteiger partial charge in [0.25, 0.3) is 0 Å². The highest BCUT2D eigenvalue weighted by Gasteiger charge is 2.18. The summed E-state index contributed by atoms with van der Waals surface area (Å²) in [6.45, 7) is 7.74. The van der Waals surface area contributed by atoms with E-state index in [1.165, 1.54) is 10.4 Å². The number of rotatable bonds is 5. The van der Waals surface area contributed by atoms with Crippen LogP contribution < -0.4 is 4.74 Å². The number of aliphatic hydroxyl groups is 1. The van der Waals surface area contributed by atoms with Crippen molar-refractivity contribution in [3.05, 3.63) is 51.7 Å². The highest BCUT2D eigenvalue weighted by molar-refractivity contribution is 7.09. The number of hydrogen-bond donors (Lipinski definition) is 1. The Bertz CT molecular complexity index is 624. The molecule has 1 N–H and O–H groups in total. The lowest BCUT2D eigenvalue weighted by Crippen LogP contribution is -2.24. The maximum absolute atomic E-state index is 10.4. The van der Waals surface area contributed by atoms with E-state index in [-0.39, 0.29) is 0 Å². The number of thiophene rings is 1. The summed E-state index contributed by atoms with van der Waals surface area (Å²) in [5.41, 5.74) is 2.18. The molecule has 0 aliphatic carbocycles. The van der Waals surface area contributed by atoms with Crippen LogP contribution in [0.15, 0.2) is 35.7 Å². The Morgan fingerprint density at radius 3 is 2.91 bits per heavy atom. The Morgan fingerprint density at radius 2 is 2.17 bits per heavy atom. The van der Waals surface area contributed by atoms with Crippen LogP contribution in [0.2, 0.25) is 0 Å². The quantitative estimate of drug-likeness (QED) is 0.890. The number of fused-ring (bicyclic) bond motifs is 1. The van der Waals surface area contributed by atoms with Crippen molar-refractivity contribution in [1.29, 1.82) is 0 Å². The van der Waals surface area contributed by atoms with Gasteiger partial charge in [0.2, 0.25) is 0 Å². The summed E-state index contributed by atoms with van der Waals surface area (Å²) in [6, 6.07) is 10.4. The third-order valence-electron chi connectivity index (χ3n) is 4.18. The van der Waals surface area contributed by atoms with Crippen LogP contribution in [0.3, 0.4) is 0 Å². The molecule has 1 aromatic carbocycles. The van der Waals surface area contributed by atoms with Gasteiger partial charge in [0, 0.05) is 30.1 Å². The Balaban J connectivity index is 1.76. The monoisotopic (exact) mass is 331 g/mol. The van der Waals surface area contributed by atoms with Gasteiger partial charge in [-0.25, -0.2) is 0 Å². The van der Waals surface area contributed by atoms with E-state index in [1.54, 1.807) is 11.3 Å². The average molecular weight is 331 g/mol. The molecule has 0 fully saturated rings. The predicted molar refractivity (Wildman–Crippen MR) is 94.8 cm³/mol. The molecule has 4 heteroatoms. The molecular formula is C19H25NO2S. The zero-order chi connectivity index (χ0) is 16.2. The minimum atomic E-state index is -0.394. The molecular weight excluding hydrogens is 306 g/mol. The molecule has 1 aliphatic heterocycles. The van der Waals surface area contributed by atoms with Crippen molar-refractivity contribution in [3.63, 3.8) is 0 Å². The third-order valence-corrected chi connectivity index (χ3v) is 5.04. The Kier molecular flexibility index (Phi) is 5.36. The zero-order valence-electron chi connectivity index (χ0n) is 13.9. The summed E-state index contributed by atoms with van der Waals surface area (Å²) in [5.74, 6) is 1.44. The molecule has 2 aromatic rings. The summed E-state index contributed by atoms with van der Waals surface area (Å²) in [6.07, 6.45) is 0.396. The molecule has 0 radical (unpaired) electrons. The molecule has 3 nitrogen and oxygen atoms in total. The first-order valence-corrected chi connectivity index (χ1v) is 9.18. The van der Waals surface area contributed by atoms with Gasteiger partial charge in [-0.2, -0.15) is 0 Å². The third kappa shape index (κ3) is 4.34. The number of aliphatic hydroxyl groups excluding tert-OH is 1. The average Bonchev–Trinajstić information content (AvgIpc) is 2.92. The molecule has 1 aliphatic rings. The van der Waals surface area contributed by atoms with Crippen LogP contribution in [0.5, 0.6) is 5.75 Å². The van der Waals surface area contributed by atoms with Gasteiger partial charge in [-0.05, 0) is 41.5 Å². The molecule has 0 amide bonds. The molecule has 0 bridgehead atoms. The van der Waals surface area contributed by atoms with Crippen molar-refractivity contribution < 1.29 is 9.84 Å². The lowest BCUT2D eigenvalue weighted by Gasteiger charge is -2.19. The highest BCUT2D eigenvalue weighted by atomic mass is 32.1. The molecule has 0 saturated carbocycles. The molecule has 1 aromatic heterocycles. The van der Waals surface area contributed by atoms with E-state index in [2.05, 4.69) is 42.3 Å². The van der Waals surface area contributed by atoms with E-state index < -0.39 is 6.10 Å². The molecule has 2 heterocycles. The maximum Gasteiger partial charge on any atom is 0.123 e. The normalized spacial score (nSPS) is 16.7. The number of hydrogen-bond acceptors (Lipinski definition) is 4. The lowest BCUT2D eigenvalue weighted by molar-refractivity contribution is 0.151. The smallest absolute Gasteiger partial charge is 0.123 e. The van der Waals surface area contributed by atoms with Crippen LogP contribution in [-0.4, -0.2) is 23.2 Å². The Hall–Kier alpha value is -1.36. The summed E-state index contributed by atoms with van der Waals surface area (Å²) in [5, 5.41) is 12.5. The van der Waals surface area contributed by atoms with Gasteiger partial charge < -0.3 is 9.84 Å². The van der Waals surface area contributed by atoms with Gasteiger partial charge in [-0.15, -0.1) is 11.3 Å². The SMILES string of the molecule is CC(C)CC(O)c1ccc2c(c1)CN(Cc1cccs1)CCO2. The van der Waals surface area contributed by atoms with Crippen LogP contribution in [-0.2, 0) is 13.1 Å². The molecule has 124 valence electrons. The number of ether oxygens (including phenoxy) is 1. The fourth-order valence-electron chi connectivity index (χ4n) is 3.02. The summed E-state index contributed by atoms with van der Waals surface area (Å²) >= 11 is 1.80. The molecule has 0 spiro atoms. The van der Waals surface area contributed by atoms with Crippen molar-refractivity contribution in [2.45, 2.75) is 39.5 Å². The van der Waals surface area contributed by atoms with Crippen LogP contribution >= 0.6 is 11.3 Å². The first-order chi connectivity index (χ1) is 11.1. The molecule has 1 atom stereocenters. The zero-order valence-corrected chi connectivity index (χ0v) is 14.7. The standard InChI is InChI=1S/C19H25NO2S/c1-14(2)10-18(21)15-5-6-19-16(11-15)12-20(7-8-22-19)13-17-4-3-9-23-17/h3-6,9,11,14,18,21H,7-8,10,12-13H2,1-2H3. The predicted octanol–water partition coefficient (Wildman–Crippen LogP) is 4.22. The first-order valence-electron chi connectivity index (χ1n) is 8.30. The lowest BCUT2D eigenvalue weighted by atomic mass is 9.97. The van der Waals surface area contributed by atoms with E-state index in [0.29, 0.717) is 12.5 Å². The second-order valence-electron chi connectivity index (χ2n) is 6.65. The van der Waals surface area contributed by atoms with Crippen molar-refractivity contribution in [3.8, 4) is 5.75 Å². The molecule has 3 rings (SSSR count). The molecule has 0 saturated heterocycles. The van der Waals surface area contributed by atoms with Gasteiger partial charge in [-0.1, -0.05) is 26.0 Å². The second kappa shape index (κ2) is 7.47. The van der Waals surface area contributed by atoms with E-state index in [1.807, 2.05) is 12.1 Å². The second-order valence-corrected chi connectivity index (χ2v) is 7.68. The van der Waals surface area contributed by atoms with Gasteiger partial charge >= 0.3 is 0 Å². The largest absolute Gasteiger partial charge is 0.492 e. The molecule has 1 unspecified atom stereocenters. The van der Waals surface area contributed by atoms with Gasteiger partial charge in [0.05, 0.1) is 6.10 Å². The summed E-state index contributed by atoms with van der Waals surface area (Å²) in [4.78, 5) is 3.79. The Labute approximate surface area is 142 Å². The van der Waals surface area contributed by atoms with E-state index in [4.69, 9.17) is 4.74 Å². The summed E-state index contributed by atoms with van der Waals surface area (Å²) < 4.78 is 5.89. The van der Waals surface area contributed by atoms with Crippen molar-refractivity contribution in [1.82, 2.24) is 4.90 Å². The molecule has 23 heavy (non-hydrogen) atoms. The maximum atomic E-state index is 10.4. The topological polar surface area (TPSA) is 32.7 Å². The van der Waals surface area contributed by atoms with Gasteiger partial charge in [0.15, 0.2) is 0 Å². The van der Waals surface area contributed by atoms with Crippen molar-refractivity contribution in [2.24, 2.45) is 5.92 Å². The first kappa shape index (κ1) is 16.5. The van der Waals surface area contributed by atoms with Crippen LogP contribution in [0.25, 0.3) is 0 Å². The van der Waals surface area contributed by atoms with Gasteiger partial charge in [0.1, 0.15) is 12.4 Å². The fourth-order valence-corrected chi connectivity index (χ4v) is 3.76. The van der Waals surface area contributed by atoms with Crippen LogP contribution in [0, 0.1) is 5.92 Å². The van der Waals surface area contributed by atoms with Crippen molar-refractivity contribution in [2.75, 3.05) is 13.2 Å². The summed E-state index contributed by atoms with van der Waals surface area (Å²) in [7, 11) is 0. The highest BCUT2D eigenvalue weighted by Crippen LogP contribution is 2.29. The van der Waals surface area contributed by atoms with Crippen LogP contribution in [0.4, 0.5) is 0 Å². The van der Waals surface area contributed by atoms with Gasteiger partial charge in [-0.3, -0.25) is 4.90 Å². The number of benzene rings is 1. The fraction of sp³-hybridized carbons (Fsp3) is 0.474. The van der Waals surface area contributed by atoms with Crippen LogP contribution in [0.1, 0.15) is 42.4 Å².